The molecule has 6 nitrogen and oxygen atoms in total. The summed E-state index contributed by atoms with van der Waals surface area (Å²) >= 11 is 9.03. The number of hydrogen-bond acceptors (Lipinski definition) is 6. The number of thioether (sulfide) groups is 1. The molecule has 1 aromatic heterocycles. The van der Waals surface area contributed by atoms with Crippen LogP contribution in [0.3, 0.4) is 0 Å². The van der Waals surface area contributed by atoms with Crippen LogP contribution in [0.15, 0.2) is 76.7 Å². The summed E-state index contributed by atoms with van der Waals surface area (Å²) in [5.41, 5.74) is 1.87. The summed E-state index contributed by atoms with van der Waals surface area (Å²) in [5.74, 6) is 0.178. The molecule has 34 heavy (non-hydrogen) atoms. The zero-order valence-corrected chi connectivity index (χ0v) is 20.9. The zero-order chi connectivity index (χ0) is 24.1. The average Bonchev–Trinajstić information content (AvgIpc) is 3.46. The zero-order valence-electron chi connectivity index (χ0n) is 18.5. The van der Waals surface area contributed by atoms with E-state index in [-0.39, 0.29) is 23.6 Å². The van der Waals surface area contributed by atoms with Gasteiger partial charge in [0.05, 0.1) is 29.6 Å². The van der Waals surface area contributed by atoms with Gasteiger partial charge in [-0.25, -0.2) is 4.99 Å². The topological polar surface area (TPSA) is 71.0 Å². The van der Waals surface area contributed by atoms with Crippen LogP contribution in [0.25, 0.3) is 6.08 Å². The van der Waals surface area contributed by atoms with Crippen LogP contribution < -0.4 is 15.0 Å². The van der Waals surface area contributed by atoms with Crippen molar-refractivity contribution in [2.75, 3.05) is 17.8 Å². The highest BCUT2D eigenvalue weighted by molar-refractivity contribution is 8.14. The molecule has 1 aliphatic rings. The van der Waals surface area contributed by atoms with Gasteiger partial charge in [-0.2, -0.15) is 0 Å². The molecular weight excluding hydrogens is 490 g/mol. The van der Waals surface area contributed by atoms with E-state index in [1.54, 1.807) is 24.3 Å². The van der Waals surface area contributed by atoms with Crippen molar-refractivity contribution in [3.05, 3.63) is 87.2 Å². The van der Waals surface area contributed by atoms with Gasteiger partial charge >= 0.3 is 0 Å². The summed E-state index contributed by atoms with van der Waals surface area (Å²) in [5, 5.41) is 5.71. The average molecular weight is 512 g/mol. The Morgan fingerprint density at radius 1 is 1.24 bits per heavy atom. The number of carbonyl (C=O) groups is 2. The Hall–Kier alpha value is -3.07. The maximum Gasteiger partial charge on any atom is 0.283 e. The highest BCUT2D eigenvalue weighted by Crippen LogP contribution is 2.34. The number of ether oxygens (including phenoxy) is 1. The Kier molecular flexibility index (Phi) is 7.72. The lowest BCUT2D eigenvalue weighted by molar-refractivity contribution is -0.119. The van der Waals surface area contributed by atoms with Crippen molar-refractivity contribution in [1.82, 2.24) is 5.32 Å². The van der Waals surface area contributed by atoms with Gasteiger partial charge < -0.3 is 10.1 Å². The molecule has 0 spiro atoms. The number of thiophene rings is 1. The first-order chi connectivity index (χ1) is 16.5. The van der Waals surface area contributed by atoms with Gasteiger partial charge in [-0.05, 0) is 48.2 Å². The van der Waals surface area contributed by atoms with E-state index in [1.807, 2.05) is 54.8 Å². The van der Waals surface area contributed by atoms with Gasteiger partial charge in [0.2, 0.25) is 5.91 Å². The molecule has 0 aliphatic carbocycles. The molecule has 1 N–H and O–H groups in total. The number of amidine groups is 1. The van der Waals surface area contributed by atoms with Crippen LogP contribution in [0.4, 0.5) is 5.69 Å². The minimum atomic E-state index is -0.282. The lowest BCUT2D eigenvalue weighted by atomic mass is 10.1. The van der Waals surface area contributed by atoms with Gasteiger partial charge in [-0.3, -0.25) is 14.5 Å². The molecule has 174 valence electrons. The molecule has 0 unspecified atom stereocenters. The van der Waals surface area contributed by atoms with E-state index in [0.717, 1.165) is 10.4 Å². The standard InChI is InChI=1S/C25H22ClN3O3S2/c1-16(17-7-4-3-5-8-17)27-23(30)15-34-25-28-21(14-19-9-6-12-33-19)24(31)29(25)18-10-11-22(32-2)20(26)13-18/h3-14,16H,15H2,1-2H3,(H,27,30)/b21-14+/t16-/m1/s1. The van der Waals surface area contributed by atoms with Crippen molar-refractivity contribution in [3.63, 3.8) is 0 Å². The smallest absolute Gasteiger partial charge is 0.283 e. The number of carbonyl (C=O) groups excluding carboxylic acids is 2. The van der Waals surface area contributed by atoms with Crippen molar-refractivity contribution in [2.24, 2.45) is 4.99 Å². The fourth-order valence-corrected chi connectivity index (χ4v) is 5.09. The molecule has 1 atom stereocenters. The highest BCUT2D eigenvalue weighted by atomic mass is 35.5. The number of aliphatic imine (C=N–C) groups is 1. The third kappa shape index (κ3) is 5.52. The molecule has 2 heterocycles. The Morgan fingerprint density at radius 2 is 2.03 bits per heavy atom. The van der Waals surface area contributed by atoms with Crippen LogP contribution in [-0.2, 0) is 9.59 Å². The Balaban J connectivity index is 1.54. The van der Waals surface area contributed by atoms with Gasteiger partial charge in [-0.15, -0.1) is 11.3 Å². The predicted molar refractivity (Wildman–Crippen MR) is 141 cm³/mol. The Labute approximate surface area is 211 Å². The number of nitrogens with zero attached hydrogens (tertiary/aromatic N) is 2. The molecule has 9 heteroatoms. The van der Waals surface area contributed by atoms with E-state index in [4.69, 9.17) is 16.3 Å². The summed E-state index contributed by atoms with van der Waals surface area (Å²) in [4.78, 5) is 32.9. The quantitative estimate of drug-likeness (QED) is 0.409. The number of rotatable bonds is 7. The number of anilines is 1. The van der Waals surface area contributed by atoms with Crippen LogP contribution >= 0.6 is 34.7 Å². The molecule has 0 saturated carbocycles. The Morgan fingerprint density at radius 3 is 2.71 bits per heavy atom. The van der Waals surface area contributed by atoms with Gasteiger partial charge in [0.1, 0.15) is 11.4 Å². The van der Waals surface area contributed by atoms with Gasteiger partial charge in [0.15, 0.2) is 5.17 Å². The Bertz CT molecular complexity index is 1240. The van der Waals surface area contributed by atoms with Crippen LogP contribution in [-0.4, -0.2) is 29.8 Å². The second kappa shape index (κ2) is 10.9. The fourth-order valence-electron chi connectivity index (χ4n) is 3.36. The van der Waals surface area contributed by atoms with E-state index < -0.39 is 0 Å². The van der Waals surface area contributed by atoms with Gasteiger partial charge in [0, 0.05) is 4.88 Å². The lowest BCUT2D eigenvalue weighted by Crippen LogP contribution is -2.33. The number of amides is 2. The summed E-state index contributed by atoms with van der Waals surface area (Å²) in [7, 11) is 1.53. The normalized spacial score (nSPS) is 15.4. The first-order valence-electron chi connectivity index (χ1n) is 10.4. The first kappa shape index (κ1) is 24.1. The summed E-state index contributed by atoms with van der Waals surface area (Å²) in [6.07, 6.45) is 1.75. The first-order valence-corrected chi connectivity index (χ1v) is 12.7. The van der Waals surface area contributed by atoms with E-state index >= 15 is 0 Å². The van der Waals surface area contributed by atoms with Crippen molar-refractivity contribution >= 4 is 63.4 Å². The fraction of sp³-hybridized carbons (Fsp3) is 0.160. The van der Waals surface area contributed by atoms with Crippen molar-refractivity contribution in [3.8, 4) is 5.75 Å². The number of hydrogen-bond donors (Lipinski definition) is 1. The third-order valence-corrected chi connectivity index (χ3v) is 7.11. The van der Waals surface area contributed by atoms with Gasteiger partial charge in [0.25, 0.3) is 5.91 Å². The third-order valence-electron chi connectivity index (χ3n) is 5.05. The lowest BCUT2D eigenvalue weighted by Gasteiger charge is -2.19. The maximum atomic E-state index is 13.3. The number of halogens is 1. The molecule has 2 amide bonds. The molecule has 1 aliphatic heterocycles. The van der Waals surface area contributed by atoms with Crippen LogP contribution in [0.5, 0.6) is 5.75 Å². The number of methoxy groups -OCH3 is 1. The molecule has 0 bridgehead atoms. The van der Waals surface area contributed by atoms with Crippen molar-refractivity contribution in [1.29, 1.82) is 0 Å². The van der Waals surface area contributed by atoms with E-state index in [0.29, 0.717) is 27.3 Å². The molecule has 2 aromatic carbocycles. The summed E-state index contributed by atoms with van der Waals surface area (Å²) in [6, 6.07) is 18.5. The molecule has 3 aromatic rings. The minimum absolute atomic E-state index is 0.107. The molecular formula is C25H22ClN3O3S2. The SMILES string of the molecule is COc1ccc(N2C(=O)/C(=C\c3cccs3)N=C2SCC(=O)N[C@H](C)c2ccccc2)cc1Cl. The van der Waals surface area contributed by atoms with E-state index in [9.17, 15) is 9.59 Å². The maximum absolute atomic E-state index is 13.3. The highest BCUT2D eigenvalue weighted by Gasteiger charge is 2.33. The minimum Gasteiger partial charge on any atom is -0.495 e. The van der Waals surface area contributed by atoms with Gasteiger partial charge in [-0.1, -0.05) is 59.8 Å². The largest absolute Gasteiger partial charge is 0.495 e. The summed E-state index contributed by atoms with van der Waals surface area (Å²) < 4.78 is 5.23. The van der Waals surface area contributed by atoms with Crippen LogP contribution in [0.1, 0.15) is 23.4 Å². The second-order valence-corrected chi connectivity index (χ2v) is 9.72. The van der Waals surface area contributed by atoms with Crippen LogP contribution in [0.2, 0.25) is 5.02 Å². The predicted octanol–water partition coefficient (Wildman–Crippen LogP) is 5.76. The molecule has 0 fully saturated rings. The van der Waals surface area contributed by atoms with Crippen molar-refractivity contribution in [2.45, 2.75) is 13.0 Å². The molecule has 0 radical (unpaired) electrons. The summed E-state index contributed by atoms with van der Waals surface area (Å²) in [6.45, 7) is 1.93. The monoisotopic (exact) mass is 511 g/mol. The number of benzene rings is 2. The molecule has 4 rings (SSSR count). The second-order valence-electron chi connectivity index (χ2n) is 7.39. The van der Waals surface area contributed by atoms with E-state index in [1.165, 1.54) is 35.1 Å². The van der Waals surface area contributed by atoms with Crippen LogP contribution in [0, 0.1) is 0 Å². The van der Waals surface area contributed by atoms with E-state index in [2.05, 4.69) is 10.3 Å². The molecule has 0 saturated heterocycles. The number of nitrogens with one attached hydrogen (secondary N) is 1. The van der Waals surface area contributed by atoms with Crippen molar-refractivity contribution < 1.29 is 14.3 Å².